The molecule has 3 aromatic rings. The average Bonchev–Trinajstić information content (AvgIpc) is 3.28. The molecule has 0 unspecified atom stereocenters. The van der Waals surface area contributed by atoms with Gasteiger partial charge in [-0.25, -0.2) is 9.79 Å². The van der Waals surface area contributed by atoms with Gasteiger partial charge in [-0.1, -0.05) is 36.4 Å². The third-order valence-electron chi connectivity index (χ3n) is 4.32. The Labute approximate surface area is 149 Å². The van der Waals surface area contributed by atoms with Crippen molar-refractivity contribution in [3.63, 3.8) is 0 Å². The summed E-state index contributed by atoms with van der Waals surface area (Å²) >= 11 is 0. The first-order valence-corrected chi connectivity index (χ1v) is 8.18. The highest BCUT2D eigenvalue weighted by Gasteiger charge is 2.24. The maximum Gasteiger partial charge on any atom is 0.363 e. The van der Waals surface area contributed by atoms with E-state index in [0.717, 1.165) is 21.9 Å². The Morgan fingerprint density at radius 1 is 0.885 bits per heavy atom. The average molecular weight is 343 g/mol. The summed E-state index contributed by atoms with van der Waals surface area (Å²) in [4.78, 5) is 16.6. The number of fused-ring (bicyclic) bond motifs is 2. The largest absolute Gasteiger partial charge is 0.454 e. The molecule has 2 aliphatic rings. The maximum atomic E-state index is 12.2. The second-order valence-electron chi connectivity index (χ2n) is 6.01. The SMILES string of the molecule is O=C1OC(c2ccc3ccccc3c2)=N/C1=C\c1ccc2c(c1)OCO2. The summed E-state index contributed by atoms with van der Waals surface area (Å²) in [6, 6.07) is 19.3. The van der Waals surface area contributed by atoms with Gasteiger partial charge in [0.1, 0.15) is 0 Å². The number of aliphatic imine (C=N–C) groups is 1. The molecule has 2 aliphatic heterocycles. The highest BCUT2D eigenvalue weighted by molar-refractivity contribution is 6.13. The molecule has 0 spiro atoms. The number of ether oxygens (including phenoxy) is 3. The van der Waals surface area contributed by atoms with Gasteiger partial charge in [-0.15, -0.1) is 0 Å². The molecule has 0 bridgehead atoms. The zero-order chi connectivity index (χ0) is 17.5. The van der Waals surface area contributed by atoms with Crippen LogP contribution in [0.5, 0.6) is 11.5 Å². The summed E-state index contributed by atoms with van der Waals surface area (Å²) in [6.45, 7) is 0.210. The van der Waals surface area contributed by atoms with E-state index in [1.807, 2.05) is 60.7 Å². The minimum absolute atomic E-state index is 0.210. The second-order valence-corrected chi connectivity index (χ2v) is 6.01. The van der Waals surface area contributed by atoms with Crippen LogP contribution < -0.4 is 9.47 Å². The van der Waals surface area contributed by atoms with Crippen molar-refractivity contribution in [1.29, 1.82) is 0 Å². The predicted octanol–water partition coefficient (Wildman–Crippen LogP) is 3.91. The Bertz CT molecular complexity index is 1110. The molecule has 3 aromatic carbocycles. The Kier molecular flexibility index (Phi) is 3.25. The van der Waals surface area contributed by atoms with Crippen LogP contribution in [0.1, 0.15) is 11.1 Å². The summed E-state index contributed by atoms with van der Waals surface area (Å²) in [6.07, 6.45) is 1.68. The van der Waals surface area contributed by atoms with E-state index in [-0.39, 0.29) is 12.5 Å². The predicted molar refractivity (Wildman–Crippen MR) is 97.1 cm³/mol. The molecule has 0 aromatic heterocycles. The van der Waals surface area contributed by atoms with Gasteiger partial charge in [0.05, 0.1) is 0 Å². The number of benzene rings is 3. The zero-order valence-electron chi connectivity index (χ0n) is 13.6. The minimum atomic E-state index is -0.467. The highest BCUT2D eigenvalue weighted by atomic mass is 16.7. The molecular weight excluding hydrogens is 330 g/mol. The summed E-state index contributed by atoms with van der Waals surface area (Å²) in [5, 5.41) is 2.19. The second kappa shape index (κ2) is 5.74. The Balaban J connectivity index is 1.50. The van der Waals surface area contributed by atoms with E-state index >= 15 is 0 Å². The van der Waals surface area contributed by atoms with E-state index in [1.165, 1.54) is 0 Å². The van der Waals surface area contributed by atoms with Crippen LogP contribution in [-0.2, 0) is 9.53 Å². The lowest BCUT2D eigenvalue weighted by atomic mass is 10.1. The van der Waals surface area contributed by atoms with Gasteiger partial charge in [0, 0.05) is 5.56 Å². The summed E-state index contributed by atoms with van der Waals surface area (Å²) in [5.41, 5.74) is 1.82. The van der Waals surface area contributed by atoms with Crippen molar-refractivity contribution < 1.29 is 19.0 Å². The molecule has 2 heterocycles. The number of cyclic esters (lactones) is 1. The Hall–Kier alpha value is -3.60. The first-order chi connectivity index (χ1) is 12.8. The van der Waals surface area contributed by atoms with Gasteiger partial charge in [0.2, 0.25) is 12.7 Å². The zero-order valence-corrected chi connectivity index (χ0v) is 13.6. The van der Waals surface area contributed by atoms with Gasteiger partial charge in [-0.3, -0.25) is 0 Å². The lowest BCUT2D eigenvalue weighted by Crippen LogP contribution is -2.05. The van der Waals surface area contributed by atoms with Gasteiger partial charge in [-0.05, 0) is 46.7 Å². The standard InChI is InChI=1S/C21H13NO4/c23-21-17(9-13-5-8-18-19(10-13)25-12-24-18)22-20(26-21)16-7-6-14-3-1-2-4-15(14)11-16/h1-11H,12H2/b17-9-. The Morgan fingerprint density at radius 2 is 1.73 bits per heavy atom. The molecule has 0 atom stereocenters. The molecule has 0 aliphatic carbocycles. The molecule has 0 N–H and O–H groups in total. The van der Waals surface area contributed by atoms with E-state index in [1.54, 1.807) is 6.08 Å². The summed E-state index contributed by atoms with van der Waals surface area (Å²) in [5.74, 6) is 1.20. The molecule has 5 nitrogen and oxygen atoms in total. The smallest absolute Gasteiger partial charge is 0.363 e. The molecule has 126 valence electrons. The van der Waals surface area contributed by atoms with Crippen LogP contribution in [0.3, 0.4) is 0 Å². The fourth-order valence-electron chi connectivity index (χ4n) is 3.02. The first-order valence-electron chi connectivity index (χ1n) is 8.18. The summed E-state index contributed by atoms with van der Waals surface area (Å²) in [7, 11) is 0. The van der Waals surface area contributed by atoms with Crippen molar-refractivity contribution in [3.05, 3.63) is 77.5 Å². The monoisotopic (exact) mass is 343 g/mol. The van der Waals surface area contributed by atoms with Gasteiger partial charge in [0.25, 0.3) is 0 Å². The quantitative estimate of drug-likeness (QED) is 0.523. The molecule has 0 amide bonds. The number of carbonyl (C=O) groups is 1. The van der Waals surface area contributed by atoms with Crippen LogP contribution in [0, 0.1) is 0 Å². The van der Waals surface area contributed by atoms with Crippen molar-refractivity contribution in [3.8, 4) is 11.5 Å². The normalized spacial score (nSPS) is 16.8. The fourth-order valence-corrected chi connectivity index (χ4v) is 3.02. The Morgan fingerprint density at radius 3 is 2.65 bits per heavy atom. The number of carbonyl (C=O) groups excluding carboxylic acids is 1. The topological polar surface area (TPSA) is 57.1 Å². The maximum absolute atomic E-state index is 12.2. The van der Waals surface area contributed by atoms with Crippen LogP contribution in [0.25, 0.3) is 16.8 Å². The molecule has 5 rings (SSSR count). The van der Waals surface area contributed by atoms with Crippen molar-refractivity contribution in [1.82, 2.24) is 0 Å². The molecule has 0 saturated carbocycles. The molecule has 26 heavy (non-hydrogen) atoms. The first kappa shape index (κ1) is 14.7. The number of hydrogen-bond donors (Lipinski definition) is 0. The van der Waals surface area contributed by atoms with E-state index in [9.17, 15) is 4.79 Å². The van der Waals surface area contributed by atoms with Crippen LogP contribution in [0.15, 0.2) is 71.4 Å². The number of esters is 1. The van der Waals surface area contributed by atoms with Gasteiger partial charge in [0.15, 0.2) is 17.2 Å². The fraction of sp³-hybridized carbons (Fsp3) is 0.0476. The third kappa shape index (κ3) is 2.50. The van der Waals surface area contributed by atoms with Crippen molar-refractivity contribution >= 4 is 28.7 Å². The van der Waals surface area contributed by atoms with E-state index in [4.69, 9.17) is 14.2 Å². The van der Waals surface area contributed by atoms with E-state index < -0.39 is 5.97 Å². The van der Waals surface area contributed by atoms with Gasteiger partial charge >= 0.3 is 5.97 Å². The molecule has 0 radical (unpaired) electrons. The third-order valence-corrected chi connectivity index (χ3v) is 4.32. The minimum Gasteiger partial charge on any atom is -0.454 e. The number of nitrogens with zero attached hydrogens (tertiary/aromatic N) is 1. The van der Waals surface area contributed by atoms with Crippen molar-refractivity contribution in [2.75, 3.05) is 6.79 Å². The number of rotatable bonds is 2. The van der Waals surface area contributed by atoms with Crippen LogP contribution in [-0.4, -0.2) is 18.7 Å². The van der Waals surface area contributed by atoms with Crippen molar-refractivity contribution in [2.24, 2.45) is 4.99 Å². The van der Waals surface area contributed by atoms with Crippen LogP contribution in [0.4, 0.5) is 0 Å². The summed E-state index contributed by atoms with van der Waals surface area (Å²) < 4.78 is 16.0. The van der Waals surface area contributed by atoms with E-state index in [0.29, 0.717) is 17.4 Å². The molecular formula is C21H13NO4. The molecule has 5 heteroatoms. The lowest BCUT2D eigenvalue weighted by Gasteiger charge is -2.02. The molecule has 0 fully saturated rings. The highest BCUT2D eigenvalue weighted by Crippen LogP contribution is 2.33. The van der Waals surface area contributed by atoms with Gasteiger partial charge < -0.3 is 14.2 Å². The lowest BCUT2D eigenvalue weighted by molar-refractivity contribution is -0.129. The molecule has 0 saturated heterocycles. The number of hydrogen-bond acceptors (Lipinski definition) is 5. The van der Waals surface area contributed by atoms with Gasteiger partial charge in [-0.2, -0.15) is 0 Å². The van der Waals surface area contributed by atoms with E-state index in [2.05, 4.69) is 4.99 Å². The van der Waals surface area contributed by atoms with Crippen LogP contribution >= 0.6 is 0 Å². The van der Waals surface area contributed by atoms with Crippen molar-refractivity contribution in [2.45, 2.75) is 0 Å². The van der Waals surface area contributed by atoms with Crippen LogP contribution in [0.2, 0.25) is 0 Å².